The van der Waals surface area contributed by atoms with Crippen molar-refractivity contribution < 1.29 is 14.3 Å². The Morgan fingerprint density at radius 3 is 2.57 bits per heavy atom. The quantitative estimate of drug-likeness (QED) is 0.205. The number of methoxy groups -OCH3 is 2. The fraction of sp³-hybridized carbons (Fsp3) is 0.240. The zero-order chi connectivity index (χ0) is 26.4. The molecule has 12 nitrogen and oxygen atoms in total. The normalized spacial score (nSPS) is 10.9. The van der Waals surface area contributed by atoms with Gasteiger partial charge in [-0.05, 0) is 29.8 Å². The maximum Gasteiger partial charge on any atom is 0.184 e. The largest absolute Gasteiger partial charge is 0.494 e. The molecular formula is C25H29N9O3. The molecule has 4 aromatic rings. The summed E-state index contributed by atoms with van der Waals surface area (Å²) >= 11 is 0. The van der Waals surface area contributed by atoms with Gasteiger partial charge in [-0.15, -0.1) is 0 Å². The number of para-hydroxylation sites is 1. The summed E-state index contributed by atoms with van der Waals surface area (Å²) in [6.45, 7) is 0.455. The van der Waals surface area contributed by atoms with Gasteiger partial charge in [0.2, 0.25) is 0 Å². The second-order valence-corrected chi connectivity index (χ2v) is 8.30. The lowest BCUT2D eigenvalue weighted by Crippen LogP contribution is -2.22. The second kappa shape index (κ2) is 11.5. The summed E-state index contributed by atoms with van der Waals surface area (Å²) in [6, 6.07) is 11.1. The number of nitrogens with zero attached hydrogens (tertiary/aromatic N) is 6. The molecule has 4 rings (SSSR count). The van der Waals surface area contributed by atoms with Crippen LogP contribution in [0, 0.1) is 0 Å². The van der Waals surface area contributed by atoms with Gasteiger partial charge in [0, 0.05) is 40.5 Å². The van der Waals surface area contributed by atoms with Gasteiger partial charge in [-0.1, -0.05) is 6.07 Å². The lowest BCUT2D eigenvalue weighted by molar-refractivity contribution is 0.112. The van der Waals surface area contributed by atoms with E-state index in [1.165, 1.54) is 0 Å². The van der Waals surface area contributed by atoms with E-state index in [1.54, 1.807) is 49.5 Å². The van der Waals surface area contributed by atoms with Crippen LogP contribution in [-0.2, 0) is 18.4 Å². The number of aromatic nitrogens is 5. The van der Waals surface area contributed by atoms with Crippen LogP contribution in [0.2, 0.25) is 0 Å². The summed E-state index contributed by atoms with van der Waals surface area (Å²) in [5.41, 5.74) is 6.23. The number of hydrogen-bond donors (Lipinski definition) is 3. The molecule has 37 heavy (non-hydrogen) atoms. The SMILES string of the molecule is COCc1ccnc(Nc2cc(Nc3cccc(-c4ncn(C)n4)c3OC)c(C=O)c(NN(C)C)n2)c1. The Kier molecular flexibility index (Phi) is 7.91. The highest BCUT2D eigenvalue weighted by Gasteiger charge is 2.18. The van der Waals surface area contributed by atoms with Crippen molar-refractivity contribution in [2.45, 2.75) is 6.61 Å². The number of ether oxygens (including phenoxy) is 2. The number of hydrogen-bond acceptors (Lipinski definition) is 11. The summed E-state index contributed by atoms with van der Waals surface area (Å²) < 4.78 is 12.6. The maximum absolute atomic E-state index is 12.2. The molecule has 3 aromatic heterocycles. The molecule has 0 saturated carbocycles. The number of nitrogens with one attached hydrogen (secondary N) is 3. The number of aldehydes is 1. The van der Waals surface area contributed by atoms with Crippen LogP contribution in [0.5, 0.6) is 5.75 Å². The van der Waals surface area contributed by atoms with Crippen molar-refractivity contribution in [2.24, 2.45) is 7.05 Å². The summed E-state index contributed by atoms with van der Waals surface area (Å²) in [6.07, 6.45) is 4.06. The molecule has 0 bridgehead atoms. The van der Waals surface area contributed by atoms with Crippen LogP contribution < -0.4 is 20.8 Å². The minimum Gasteiger partial charge on any atom is -0.494 e. The van der Waals surface area contributed by atoms with Crippen molar-refractivity contribution in [1.82, 2.24) is 29.7 Å². The van der Waals surface area contributed by atoms with Gasteiger partial charge < -0.3 is 25.5 Å². The second-order valence-electron chi connectivity index (χ2n) is 8.30. The highest BCUT2D eigenvalue weighted by atomic mass is 16.5. The minimum absolute atomic E-state index is 0.337. The van der Waals surface area contributed by atoms with Crippen LogP contribution in [0.25, 0.3) is 11.4 Å². The van der Waals surface area contributed by atoms with Crippen molar-refractivity contribution >= 4 is 35.1 Å². The van der Waals surface area contributed by atoms with Gasteiger partial charge in [-0.2, -0.15) is 5.10 Å². The van der Waals surface area contributed by atoms with Crippen LogP contribution in [0.4, 0.5) is 28.8 Å². The molecule has 0 atom stereocenters. The first-order valence-corrected chi connectivity index (χ1v) is 11.4. The van der Waals surface area contributed by atoms with Gasteiger partial charge in [0.15, 0.2) is 23.7 Å². The lowest BCUT2D eigenvalue weighted by atomic mass is 10.1. The van der Waals surface area contributed by atoms with Crippen LogP contribution in [-0.4, -0.2) is 64.3 Å². The number of pyridine rings is 2. The number of benzene rings is 1. The van der Waals surface area contributed by atoms with Crippen LogP contribution in [0.3, 0.4) is 0 Å². The fourth-order valence-electron chi connectivity index (χ4n) is 3.71. The topological polar surface area (TPSA) is 131 Å². The average Bonchev–Trinajstić information content (AvgIpc) is 3.30. The molecule has 0 aliphatic heterocycles. The van der Waals surface area contributed by atoms with E-state index in [1.807, 2.05) is 44.4 Å². The molecule has 0 amide bonds. The summed E-state index contributed by atoms with van der Waals surface area (Å²) in [5.74, 6) is 2.48. The van der Waals surface area contributed by atoms with Crippen LogP contribution >= 0.6 is 0 Å². The summed E-state index contributed by atoms with van der Waals surface area (Å²) in [4.78, 5) is 25.5. The van der Waals surface area contributed by atoms with Crippen molar-refractivity contribution in [3.05, 3.63) is 60.0 Å². The third kappa shape index (κ3) is 6.00. The Morgan fingerprint density at radius 2 is 1.89 bits per heavy atom. The molecule has 192 valence electrons. The highest BCUT2D eigenvalue weighted by Crippen LogP contribution is 2.38. The Hall–Kier alpha value is -4.55. The van der Waals surface area contributed by atoms with E-state index in [4.69, 9.17) is 9.47 Å². The zero-order valence-corrected chi connectivity index (χ0v) is 21.3. The van der Waals surface area contributed by atoms with Crippen molar-refractivity contribution in [3.63, 3.8) is 0 Å². The van der Waals surface area contributed by atoms with Crippen LogP contribution in [0.15, 0.2) is 48.9 Å². The predicted octanol–water partition coefficient (Wildman–Crippen LogP) is 3.62. The van der Waals surface area contributed by atoms with E-state index < -0.39 is 0 Å². The van der Waals surface area contributed by atoms with E-state index in [0.29, 0.717) is 58.1 Å². The first-order valence-electron chi connectivity index (χ1n) is 11.4. The number of anilines is 5. The lowest BCUT2D eigenvalue weighted by Gasteiger charge is -2.20. The maximum atomic E-state index is 12.2. The molecule has 1 aromatic carbocycles. The first kappa shape index (κ1) is 25.5. The number of rotatable bonds is 11. The molecule has 0 unspecified atom stereocenters. The van der Waals surface area contributed by atoms with E-state index in [9.17, 15) is 4.79 Å². The molecule has 0 aliphatic rings. The molecule has 0 spiro atoms. The summed E-state index contributed by atoms with van der Waals surface area (Å²) in [5, 5.41) is 12.6. The molecule has 0 saturated heterocycles. The Balaban J connectivity index is 1.76. The van der Waals surface area contributed by atoms with Gasteiger partial charge in [0.25, 0.3) is 0 Å². The van der Waals surface area contributed by atoms with Gasteiger partial charge >= 0.3 is 0 Å². The molecule has 0 radical (unpaired) electrons. The van der Waals surface area contributed by atoms with E-state index >= 15 is 0 Å². The minimum atomic E-state index is 0.337. The van der Waals surface area contributed by atoms with E-state index in [0.717, 1.165) is 11.8 Å². The molecule has 12 heteroatoms. The standard InChI is InChI=1S/C25H29N9O3/c1-33(2)31-25-18(13-35)20(12-22(30-25)29-21-11-16(14-36-4)9-10-26-21)28-19-8-6-7-17(23(19)37-5)24-27-15-34(3)32-24/h6-13,15H,14H2,1-5H3,(H3,26,28,29,30,31). The zero-order valence-electron chi connectivity index (χ0n) is 21.3. The third-order valence-electron chi connectivity index (χ3n) is 5.23. The number of carbonyl (C=O) groups is 1. The van der Waals surface area contributed by atoms with Crippen molar-refractivity contribution in [2.75, 3.05) is 44.4 Å². The van der Waals surface area contributed by atoms with Gasteiger partial charge in [-0.3, -0.25) is 9.48 Å². The van der Waals surface area contributed by atoms with Crippen molar-refractivity contribution in [3.8, 4) is 17.1 Å². The van der Waals surface area contributed by atoms with Crippen molar-refractivity contribution in [1.29, 1.82) is 0 Å². The smallest absolute Gasteiger partial charge is 0.184 e. The number of hydrazine groups is 1. The Morgan fingerprint density at radius 1 is 1.05 bits per heavy atom. The first-order chi connectivity index (χ1) is 17.9. The molecule has 0 aliphatic carbocycles. The molecule has 3 N–H and O–H groups in total. The fourth-order valence-corrected chi connectivity index (χ4v) is 3.71. The van der Waals surface area contributed by atoms with E-state index in [-0.39, 0.29) is 0 Å². The predicted molar refractivity (Wildman–Crippen MR) is 141 cm³/mol. The van der Waals surface area contributed by atoms with Gasteiger partial charge in [0.05, 0.1) is 36.2 Å². The molecular weight excluding hydrogens is 474 g/mol. The third-order valence-corrected chi connectivity index (χ3v) is 5.23. The number of aryl methyl sites for hydroxylation is 1. The van der Waals surface area contributed by atoms with Gasteiger partial charge in [0.1, 0.15) is 18.0 Å². The molecule has 3 heterocycles. The van der Waals surface area contributed by atoms with Gasteiger partial charge in [-0.25, -0.2) is 20.0 Å². The summed E-state index contributed by atoms with van der Waals surface area (Å²) in [7, 11) is 8.63. The average molecular weight is 504 g/mol. The number of carbonyl (C=O) groups excluding carboxylic acids is 1. The Bertz CT molecular complexity index is 1390. The van der Waals surface area contributed by atoms with Crippen LogP contribution in [0.1, 0.15) is 15.9 Å². The van der Waals surface area contributed by atoms with E-state index in [2.05, 4.69) is 36.1 Å². The Labute approximate surface area is 214 Å². The molecule has 0 fully saturated rings. The monoisotopic (exact) mass is 503 g/mol. The highest BCUT2D eigenvalue weighted by molar-refractivity contribution is 5.94.